The molecule has 1 heterocycles. The van der Waals surface area contributed by atoms with E-state index in [1.165, 1.54) is 0 Å². The summed E-state index contributed by atoms with van der Waals surface area (Å²) in [6.45, 7) is 3.52. The van der Waals surface area contributed by atoms with E-state index in [1.54, 1.807) is 0 Å². The third-order valence-corrected chi connectivity index (χ3v) is 2.51. The zero-order valence-electron chi connectivity index (χ0n) is 8.29. The normalized spacial score (nSPS) is 18.7. The molecule has 0 aromatic heterocycles. The molecule has 0 radical (unpaired) electrons. The van der Waals surface area contributed by atoms with Crippen molar-refractivity contribution in [2.24, 2.45) is 5.73 Å². The lowest BCUT2D eigenvalue weighted by Crippen LogP contribution is -2.29. The minimum Gasteiger partial charge on any atom is -0.393 e. The van der Waals surface area contributed by atoms with Crippen molar-refractivity contribution in [2.75, 3.05) is 26.2 Å². The molecule has 1 aliphatic heterocycles. The van der Waals surface area contributed by atoms with Crippen LogP contribution in [0.25, 0.3) is 0 Å². The van der Waals surface area contributed by atoms with Crippen LogP contribution in [0.4, 0.5) is 0 Å². The lowest BCUT2D eigenvalue weighted by Gasteiger charge is -2.18. The van der Waals surface area contributed by atoms with E-state index in [4.69, 9.17) is 18.0 Å². The molecule has 0 aromatic carbocycles. The van der Waals surface area contributed by atoms with Crippen molar-refractivity contribution in [2.45, 2.75) is 19.3 Å². The van der Waals surface area contributed by atoms with Crippen molar-refractivity contribution in [3.63, 3.8) is 0 Å². The van der Waals surface area contributed by atoms with Crippen molar-refractivity contribution in [1.29, 1.82) is 0 Å². The van der Waals surface area contributed by atoms with Crippen LogP contribution in [0.15, 0.2) is 0 Å². The summed E-state index contributed by atoms with van der Waals surface area (Å²) in [5.74, 6) is 0.154. The van der Waals surface area contributed by atoms with Crippen LogP contribution in [0.5, 0.6) is 0 Å². The monoisotopic (exact) mass is 215 g/mol. The average molecular weight is 215 g/mol. The summed E-state index contributed by atoms with van der Waals surface area (Å²) in [7, 11) is 0. The zero-order chi connectivity index (χ0) is 10.4. The van der Waals surface area contributed by atoms with E-state index < -0.39 is 0 Å². The van der Waals surface area contributed by atoms with Crippen molar-refractivity contribution in [3.8, 4) is 0 Å². The molecule has 5 heteroatoms. The first-order chi connectivity index (χ1) is 6.68. The quantitative estimate of drug-likeness (QED) is 0.642. The number of hydrogen-bond acceptors (Lipinski definition) is 3. The molecule has 14 heavy (non-hydrogen) atoms. The molecule has 1 aliphatic rings. The number of carbonyl (C=O) groups excluding carboxylic acids is 1. The third-order valence-electron chi connectivity index (χ3n) is 2.30. The van der Waals surface area contributed by atoms with Gasteiger partial charge in [0, 0.05) is 26.1 Å². The molecule has 1 saturated heterocycles. The topological polar surface area (TPSA) is 58.4 Å². The molecule has 0 aliphatic carbocycles. The second-order valence-electron chi connectivity index (χ2n) is 3.51. The second kappa shape index (κ2) is 5.93. The molecule has 4 nitrogen and oxygen atoms in total. The molecule has 1 rings (SSSR count). The molecule has 3 N–H and O–H groups in total. The number of thiocarbonyl (C=S) groups is 1. The number of nitrogens with one attached hydrogen (secondary N) is 1. The Bertz CT molecular complexity index is 220. The minimum absolute atomic E-state index is 0.154. The fourth-order valence-electron chi connectivity index (χ4n) is 1.51. The molecular weight excluding hydrogens is 198 g/mol. The first-order valence-corrected chi connectivity index (χ1v) is 5.36. The van der Waals surface area contributed by atoms with Gasteiger partial charge in [-0.05, 0) is 19.4 Å². The van der Waals surface area contributed by atoms with Gasteiger partial charge in [0.25, 0.3) is 0 Å². The third kappa shape index (κ3) is 4.53. The van der Waals surface area contributed by atoms with E-state index in [2.05, 4.69) is 10.2 Å². The highest BCUT2D eigenvalue weighted by molar-refractivity contribution is 7.80. The summed E-state index contributed by atoms with van der Waals surface area (Å²) in [5.41, 5.74) is 5.41. The Morgan fingerprint density at radius 2 is 2.36 bits per heavy atom. The summed E-state index contributed by atoms with van der Waals surface area (Å²) in [4.78, 5) is 13.9. The van der Waals surface area contributed by atoms with Crippen LogP contribution in [-0.4, -0.2) is 42.0 Å². The highest BCUT2D eigenvalue weighted by atomic mass is 32.1. The van der Waals surface area contributed by atoms with Gasteiger partial charge in [0.1, 0.15) is 0 Å². The summed E-state index contributed by atoms with van der Waals surface area (Å²) in [5, 5.41) is 2.84. The fourth-order valence-corrected chi connectivity index (χ4v) is 1.66. The van der Waals surface area contributed by atoms with E-state index in [9.17, 15) is 4.79 Å². The number of hydrogen-bond donors (Lipinski definition) is 2. The maximum absolute atomic E-state index is 11.0. The number of rotatable bonds is 4. The van der Waals surface area contributed by atoms with Gasteiger partial charge in [0.15, 0.2) is 0 Å². The molecule has 80 valence electrons. The van der Waals surface area contributed by atoms with Gasteiger partial charge in [0.2, 0.25) is 5.91 Å². The Labute approximate surface area is 89.8 Å². The SMILES string of the molecule is NC(=S)CCCN1CCNC(=O)CC1. The fraction of sp³-hybridized carbons (Fsp3) is 0.778. The minimum atomic E-state index is 0.154. The van der Waals surface area contributed by atoms with E-state index in [0.717, 1.165) is 39.0 Å². The summed E-state index contributed by atoms with van der Waals surface area (Å²) in [6.07, 6.45) is 2.39. The average Bonchev–Trinajstić information content (AvgIpc) is 2.30. The lowest BCUT2D eigenvalue weighted by molar-refractivity contribution is -0.120. The van der Waals surface area contributed by atoms with E-state index in [1.807, 2.05) is 0 Å². The predicted octanol–water partition coefficient (Wildman–Crippen LogP) is -0.125. The largest absolute Gasteiger partial charge is 0.393 e. The van der Waals surface area contributed by atoms with Crippen LogP contribution in [0.2, 0.25) is 0 Å². The van der Waals surface area contributed by atoms with Gasteiger partial charge in [-0.2, -0.15) is 0 Å². The van der Waals surface area contributed by atoms with Crippen LogP contribution in [0, 0.1) is 0 Å². The molecule has 0 atom stereocenters. The molecule has 0 aromatic rings. The number of amides is 1. The van der Waals surface area contributed by atoms with Gasteiger partial charge in [-0.3, -0.25) is 4.79 Å². The van der Waals surface area contributed by atoms with Crippen LogP contribution < -0.4 is 11.1 Å². The molecule has 0 bridgehead atoms. The number of nitrogens with two attached hydrogens (primary N) is 1. The Morgan fingerprint density at radius 1 is 1.57 bits per heavy atom. The highest BCUT2D eigenvalue weighted by Gasteiger charge is 2.12. The molecule has 1 amide bonds. The first-order valence-electron chi connectivity index (χ1n) is 4.96. The van der Waals surface area contributed by atoms with Gasteiger partial charge < -0.3 is 16.0 Å². The number of carbonyl (C=O) groups is 1. The zero-order valence-corrected chi connectivity index (χ0v) is 9.11. The van der Waals surface area contributed by atoms with Gasteiger partial charge in [-0.25, -0.2) is 0 Å². The second-order valence-corrected chi connectivity index (χ2v) is 4.04. The molecule has 0 unspecified atom stereocenters. The maximum atomic E-state index is 11.0. The van der Waals surface area contributed by atoms with Gasteiger partial charge in [-0.15, -0.1) is 0 Å². The van der Waals surface area contributed by atoms with Crippen LogP contribution in [0.3, 0.4) is 0 Å². The van der Waals surface area contributed by atoms with Crippen LogP contribution in [0.1, 0.15) is 19.3 Å². The smallest absolute Gasteiger partial charge is 0.221 e. The molecular formula is C9H17N3OS. The predicted molar refractivity (Wildman–Crippen MR) is 60.1 cm³/mol. The van der Waals surface area contributed by atoms with E-state index >= 15 is 0 Å². The van der Waals surface area contributed by atoms with Gasteiger partial charge in [0.05, 0.1) is 4.99 Å². The lowest BCUT2D eigenvalue weighted by atomic mass is 10.3. The Balaban J connectivity index is 2.17. The summed E-state index contributed by atoms with van der Waals surface area (Å²) < 4.78 is 0. The van der Waals surface area contributed by atoms with Crippen LogP contribution in [-0.2, 0) is 4.79 Å². The van der Waals surface area contributed by atoms with Crippen molar-refractivity contribution in [3.05, 3.63) is 0 Å². The van der Waals surface area contributed by atoms with E-state index in [-0.39, 0.29) is 5.91 Å². The highest BCUT2D eigenvalue weighted by Crippen LogP contribution is 1.99. The molecule has 1 fully saturated rings. The van der Waals surface area contributed by atoms with Crippen LogP contribution >= 0.6 is 12.2 Å². The first kappa shape index (κ1) is 11.4. The Kier molecular flexibility index (Phi) is 4.82. The summed E-state index contributed by atoms with van der Waals surface area (Å²) in [6, 6.07) is 0. The van der Waals surface area contributed by atoms with E-state index in [0.29, 0.717) is 11.4 Å². The van der Waals surface area contributed by atoms with Crippen molar-refractivity contribution in [1.82, 2.24) is 10.2 Å². The Hall–Kier alpha value is -0.680. The van der Waals surface area contributed by atoms with Crippen molar-refractivity contribution < 1.29 is 4.79 Å². The Morgan fingerprint density at radius 3 is 3.07 bits per heavy atom. The van der Waals surface area contributed by atoms with Gasteiger partial charge >= 0.3 is 0 Å². The summed E-state index contributed by atoms with van der Waals surface area (Å²) >= 11 is 4.80. The number of nitrogens with zero attached hydrogens (tertiary/aromatic N) is 1. The molecule has 0 saturated carbocycles. The van der Waals surface area contributed by atoms with Gasteiger partial charge in [-0.1, -0.05) is 12.2 Å². The maximum Gasteiger partial charge on any atom is 0.221 e. The standard InChI is InChI=1S/C9H17N3OS/c10-8(14)2-1-5-12-6-3-9(13)11-4-7-12/h1-7H2,(H2,10,14)(H,11,13). The molecule has 0 spiro atoms. The van der Waals surface area contributed by atoms with Crippen molar-refractivity contribution >= 4 is 23.1 Å².